The van der Waals surface area contributed by atoms with Crippen LogP contribution in [0, 0.1) is 5.92 Å². The second-order valence-corrected chi connectivity index (χ2v) is 6.89. The lowest BCUT2D eigenvalue weighted by Crippen LogP contribution is -2.46. The molecule has 1 amide bonds. The quantitative estimate of drug-likeness (QED) is 0.914. The summed E-state index contributed by atoms with van der Waals surface area (Å²) in [5, 5.41) is 3.37. The first-order chi connectivity index (χ1) is 10.8. The molecule has 0 aromatic heterocycles. The molecule has 1 saturated carbocycles. The number of benzene rings is 1. The Kier molecular flexibility index (Phi) is 6.91. The average molecular weight is 337 g/mol. The summed E-state index contributed by atoms with van der Waals surface area (Å²) in [5.74, 6) is 1.28. The van der Waals surface area contributed by atoms with E-state index in [1.807, 2.05) is 11.9 Å². The Balaban J connectivity index is 0.00000192. The number of halogens is 1. The molecule has 23 heavy (non-hydrogen) atoms. The normalized spacial score (nSPS) is 25.4. The van der Waals surface area contributed by atoms with E-state index in [9.17, 15) is 4.79 Å². The van der Waals surface area contributed by atoms with E-state index in [1.165, 1.54) is 5.56 Å². The Bertz CT molecular complexity index is 479. The van der Waals surface area contributed by atoms with Crippen molar-refractivity contribution in [3.63, 3.8) is 0 Å². The van der Waals surface area contributed by atoms with Gasteiger partial charge >= 0.3 is 0 Å². The molecule has 1 aliphatic carbocycles. The van der Waals surface area contributed by atoms with Crippen LogP contribution < -0.4 is 5.32 Å². The highest BCUT2D eigenvalue weighted by Gasteiger charge is 2.31. The molecule has 2 fully saturated rings. The molecule has 0 radical (unpaired) electrons. The second-order valence-electron chi connectivity index (χ2n) is 6.89. The van der Waals surface area contributed by atoms with Gasteiger partial charge in [-0.3, -0.25) is 4.79 Å². The minimum atomic E-state index is 0. The zero-order valence-electron chi connectivity index (χ0n) is 14.0. The Labute approximate surface area is 146 Å². The summed E-state index contributed by atoms with van der Waals surface area (Å²) in [6, 6.07) is 11.2. The van der Waals surface area contributed by atoms with Gasteiger partial charge in [-0.05, 0) is 63.1 Å². The Morgan fingerprint density at radius 1 is 1.00 bits per heavy atom. The van der Waals surface area contributed by atoms with Gasteiger partial charge in [0, 0.05) is 19.0 Å². The summed E-state index contributed by atoms with van der Waals surface area (Å²) in [5.41, 5.74) is 1.44. The number of piperidine rings is 1. The van der Waals surface area contributed by atoms with Gasteiger partial charge in [0.15, 0.2) is 0 Å². The zero-order valence-corrected chi connectivity index (χ0v) is 14.9. The van der Waals surface area contributed by atoms with Crippen molar-refractivity contribution in [3.05, 3.63) is 35.9 Å². The van der Waals surface area contributed by atoms with E-state index in [2.05, 4.69) is 35.6 Å². The lowest BCUT2D eigenvalue weighted by molar-refractivity contribution is -0.137. The monoisotopic (exact) mass is 336 g/mol. The van der Waals surface area contributed by atoms with E-state index >= 15 is 0 Å². The summed E-state index contributed by atoms with van der Waals surface area (Å²) in [7, 11) is 2.02. The van der Waals surface area contributed by atoms with Crippen LogP contribution in [0.4, 0.5) is 0 Å². The highest BCUT2D eigenvalue weighted by molar-refractivity contribution is 5.85. The molecular weight excluding hydrogens is 308 g/mol. The van der Waals surface area contributed by atoms with Crippen LogP contribution in [-0.2, 0) is 4.79 Å². The molecular formula is C19H29ClN2O. The largest absolute Gasteiger partial charge is 0.342 e. The summed E-state index contributed by atoms with van der Waals surface area (Å²) in [6.45, 7) is 2.09. The van der Waals surface area contributed by atoms with E-state index in [0.29, 0.717) is 17.9 Å². The molecule has 3 nitrogen and oxygen atoms in total. The first-order valence-electron chi connectivity index (χ1n) is 8.78. The fraction of sp³-hybridized carbons (Fsp3) is 0.632. The maximum Gasteiger partial charge on any atom is 0.225 e. The zero-order chi connectivity index (χ0) is 15.4. The van der Waals surface area contributed by atoms with Gasteiger partial charge in [-0.1, -0.05) is 30.3 Å². The molecule has 1 N–H and O–H groups in total. The predicted molar refractivity (Wildman–Crippen MR) is 97.1 cm³/mol. The number of nitrogens with one attached hydrogen (secondary N) is 1. The number of hydrogen-bond acceptors (Lipinski definition) is 2. The van der Waals surface area contributed by atoms with E-state index in [1.54, 1.807) is 0 Å². The number of nitrogens with zero attached hydrogens (tertiary/aromatic N) is 1. The third-order valence-electron chi connectivity index (χ3n) is 5.55. The number of rotatable bonds is 3. The maximum atomic E-state index is 12.7. The summed E-state index contributed by atoms with van der Waals surface area (Å²) < 4.78 is 0. The first-order valence-corrected chi connectivity index (χ1v) is 8.78. The van der Waals surface area contributed by atoms with Crippen LogP contribution >= 0.6 is 12.4 Å². The molecule has 1 aromatic rings. The number of carbonyl (C=O) groups is 1. The van der Waals surface area contributed by atoms with Crippen molar-refractivity contribution in [2.75, 3.05) is 20.1 Å². The van der Waals surface area contributed by atoms with Gasteiger partial charge in [-0.25, -0.2) is 0 Å². The Hall–Kier alpha value is -1.06. The molecule has 1 aliphatic heterocycles. The van der Waals surface area contributed by atoms with Crippen molar-refractivity contribution < 1.29 is 4.79 Å². The molecule has 1 saturated heterocycles. The van der Waals surface area contributed by atoms with Crippen LogP contribution in [0.2, 0.25) is 0 Å². The molecule has 0 bridgehead atoms. The van der Waals surface area contributed by atoms with E-state index in [4.69, 9.17) is 0 Å². The molecule has 2 aliphatic rings. The fourth-order valence-electron chi connectivity index (χ4n) is 4.06. The van der Waals surface area contributed by atoms with Crippen LogP contribution in [0.25, 0.3) is 0 Å². The number of carbonyl (C=O) groups excluding carboxylic acids is 1. The van der Waals surface area contributed by atoms with Crippen molar-refractivity contribution in [1.82, 2.24) is 10.2 Å². The highest BCUT2D eigenvalue weighted by atomic mass is 35.5. The van der Waals surface area contributed by atoms with E-state index in [0.717, 1.165) is 51.6 Å². The smallest absolute Gasteiger partial charge is 0.225 e. The molecule has 0 atom stereocenters. The van der Waals surface area contributed by atoms with Crippen molar-refractivity contribution >= 4 is 18.3 Å². The van der Waals surface area contributed by atoms with Gasteiger partial charge < -0.3 is 10.2 Å². The van der Waals surface area contributed by atoms with Gasteiger partial charge in [0.1, 0.15) is 0 Å². The third-order valence-corrected chi connectivity index (χ3v) is 5.55. The van der Waals surface area contributed by atoms with Gasteiger partial charge in [0.05, 0.1) is 0 Å². The summed E-state index contributed by atoms with van der Waals surface area (Å²) in [6.07, 6.45) is 6.60. The topological polar surface area (TPSA) is 32.3 Å². The first kappa shape index (κ1) is 18.3. The third kappa shape index (κ3) is 4.48. The van der Waals surface area contributed by atoms with Crippen molar-refractivity contribution in [1.29, 1.82) is 0 Å². The van der Waals surface area contributed by atoms with Crippen molar-refractivity contribution in [3.8, 4) is 0 Å². The lowest BCUT2D eigenvalue weighted by Gasteiger charge is -2.36. The molecule has 1 aromatic carbocycles. The predicted octanol–water partition coefficient (Wildman–Crippen LogP) is 3.59. The number of amides is 1. The van der Waals surface area contributed by atoms with Crippen LogP contribution in [0.5, 0.6) is 0 Å². The summed E-state index contributed by atoms with van der Waals surface area (Å²) >= 11 is 0. The van der Waals surface area contributed by atoms with Crippen molar-refractivity contribution in [2.24, 2.45) is 5.92 Å². The highest BCUT2D eigenvalue weighted by Crippen LogP contribution is 2.36. The Morgan fingerprint density at radius 2 is 1.61 bits per heavy atom. The fourth-order valence-corrected chi connectivity index (χ4v) is 4.06. The standard InChI is InChI=1S/C19H28N2O.ClH/c1-21(18-11-13-20-14-12-18)19(22)17-9-7-16(8-10-17)15-5-3-2-4-6-15;/h2-6,16-18,20H,7-14H2,1H3;1H. The molecule has 1 heterocycles. The minimum Gasteiger partial charge on any atom is -0.342 e. The lowest BCUT2D eigenvalue weighted by atomic mass is 9.78. The SMILES string of the molecule is CN(C(=O)C1CCC(c2ccccc2)CC1)C1CCNCC1.Cl. The van der Waals surface area contributed by atoms with Crippen molar-refractivity contribution in [2.45, 2.75) is 50.5 Å². The van der Waals surface area contributed by atoms with Gasteiger partial charge in [0.2, 0.25) is 5.91 Å². The maximum absolute atomic E-state index is 12.7. The van der Waals surface area contributed by atoms with Crippen LogP contribution in [0.1, 0.15) is 50.0 Å². The van der Waals surface area contributed by atoms with Crippen LogP contribution in [0.3, 0.4) is 0 Å². The molecule has 3 rings (SSSR count). The van der Waals surface area contributed by atoms with E-state index in [-0.39, 0.29) is 18.3 Å². The minimum absolute atomic E-state index is 0. The molecule has 4 heteroatoms. The number of hydrogen-bond donors (Lipinski definition) is 1. The van der Waals surface area contributed by atoms with E-state index < -0.39 is 0 Å². The van der Waals surface area contributed by atoms with Crippen LogP contribution in [0.15, 0.2) is 30.3 Å². The molecule has 128 valence electrons. The van der Waals surface area contributed by atoms with Gasteiger partial charge in [-0.2, -0.15) is 0 Å². The van der Waals surface area contributed by atoms with Crippen LogP contribution in [-0.4, -0.2) is 37.0 Å². The average Bonchev–Trinajstić information content (AvgIpc) is 2.62. The second kappa shape index (κ2) is 8.70. The van der Waals surface area contributed by atoms with Gasteiger partial charge in [0.25, 0.3) is 0 Å². The molecule has 0 spiro atoms. The summed E-state index contributed by atoms with van der Waals surface area (Å²) in [4.78, 5) is 14.8. The van der Waals surface area contributed by atoms with Gasteiger partial charge in [-0.15, -0.1) is 12.4 Å². The molecule has 0 unspecified atom stereocenters. The Morgan fingerprint density at radius 3 is 2.22 bits per heavy atom.